The zero-order valence-electron chi connectivity index (χ0n) is 1.84. The molecule has 0 aromatic heterocycles. The van der Waals surface area contributed by atoms with Crippen LogP contribution in [0, 0.1) is 0 Å². The van der Waals surface area contributed by atoms with E-state index in [0.717, 1.165) is 0 Å². The topological polar surface area (TPSA) is 0 Å². The molecule has 4 heteroatoms. The third-order valence-electron chi connectivity index (χ3n) is 0. The molecule has 4 heavy (non-hydrogen) atoms. The van der Waals surface area contributed by atoms with Crippen LogP contribution in [0.1, 0.15) is 0 Å². The molecule has 0 bridgehead atoms. The summed E-state index contributed by atoms with van der Waals surface area (Å²) in [5.41, 5.74) is 0. The third kappa shape index (κ3) is 8.82. The van der Waals surface area contributed by atoms with Crippen LogP contribution in [-0.4, -0.2) is 23.9 Å². The van der Waals surface area contributed by atoms with Gasteiger partial charge in [0, 0.05) is 79.6 Å². The molecule has 0 saturated carbocycles. The van der Waals surface area contributed by atoms with Gasteiger partial charge in [0.15, 0.2) is 0 Å². The number of hydrogen-bond acceptors (Lipinski definition) is 0. The Morgan fingerprint density at radius 3 is 0.500 bits per heavy atom. The molecule has 0 saturated heterocycles. The van der Waals surface area contributed by atoms with Crippen LogP contribution >= 0.6 is 0 Å². The van der Waals surface area contributed by atoms with Crippen molar-refractivity contribution in [2.45, 2.75) is 0 Å². The van der Waals surface area contributed by atoms with E-state index in [0.29, 0.717) is 0 Å². The summed E-state index contributed by atoms with van der Waals surface area (Å²) in [6, 6.07) is 0. The molecule has 0 rings (SSSR count). The van der Waals surface area contributed by atoms with Gasteiger partial charge in [-0.2, -0.15) is 0 Å². The summed E-state index contributed by atoms with van der Waals surface area (Å²) in [4.78, 5) is 0. The zero-order chi connectivity index (χ0) is 0. The molecule has 0 atom stereocenters. The van der Waals surface area contributed by atoms with Gasteiger partial charge < -0.3 is 0 Å². The fourth-order valence-corrected chi connectivity index (χ4v) is 0. The molecule has 0 unspecified atom stereocenters. The molecule has 0 aliphatic carbocycles. The zero-order valence-corrected chi connectivity index (χ0v) is 8.89. The minimum absolute atomic E-state index is 0. The SMILES string of the molecule is [Sn].[V].[V].[V]. The molecule has 0 aromatic rings. The first kappa shape index (κ1) is 31.0. The van der Waals surface area contributed by atoms with Crippen molar-refractivity contribution in [2.24, 2.45) is 0 Å². The molecular formula is SnV3. The Hall–Kier alpha value is 2.55. The summed E-state index contributed by atoms with van der Waals surface area (Å²) in [6.07, 6.45) is 0. The molecule has 0 aromatic carbocycles. The average Bonchev–Trinajstić information content (AvgIpc) is 0. The van der Waals surface area contributed by atoms with E-state index in [4.69, 9.17) is 0 Å². The second-order valence-corrected chi connectivity index (χ2v) is 0. The van der Waals surface area contributed by atoms with Gasteiger partial charge in [0.25, 0.3) is 0 Å². The van der Waals surface area contributed by atoms with E-state index in [-0.39, 0.29) is 79.6 Å². The van der Waals surface area contributed by atoms with Crippen LogP contribution < -0.4 is 0 Å². The average molecular weight is 272 g/mol. The van der Waals surface area contributed by atoms with Crippen molar-refractivity contribution in [3.05, 3.63) is 0 Å². The Balaban J connectivity index is 0. The molecule has 7 radical (unpaired) electrons. The van der Waals surface area contributed by atoms with Crippen LogP contribution in [0.15, 0.2) is 0 Å². The minimum Gasteiger partial charge on any atom is 0 e. The second-order valence-electron chi connectivity index (χ2n) is 0. The van der Waals surface area contributed by atoms with Gasteiger partial charge in [0.05, 0.1) is 0 Å². The Morgan fingerprint density at radius 2 is 0.500 bits per heavy atom. The molecular weight excluding hydrogens is 272 g/mol. The van der Waals surface area contributed by atoms with Crippen LogP contribution in [0.5, 0.6) is 0 Å². The molecule has 0 spiro atoms. The van der Waals surface area contributed by atoms with Crippen LogP contribution in [0.4, 0.5) is 0 Å². The number of rotatable bonds is 0. The van der Waals surface area contributed by atoms with Gasteiger partial charge >= 0.3 is 0 Å². The molecule has 0 aliphatic rings. The third-order valence-corrected chi connectivity index (χ3v) is 0. The summed E-state index contributed by atoms with van der Waals surface area (Å²) in [5, 5.41) is 0. The first-order chi connectivity index (χ1) is 0. The summed E-state index contributed by atoms with van der Waals surface area (Å²) < 4.78 is 0. The summed E-state index contributed by atoms with van der Waals surface area (Å²) in [5.74, 6) is 0. The standard InChI is InChI=1S/Sn.3V. The van der Waals surface area contributed by atoms with Crippen molar-refractivity contribution >= 4 is 23.9 Å². The van der Waals surface area contributed by atoms with Gasteiger partial charge in [-0.1, -0.05) is 0 Å². The van der Waals surface area contributed by atoms with Crippen LogP contribution in [-0.2, 0) is 55.7 Å². The maximum Gasteiger partial charge on any atom is 0 e. The fraction of sp³-hybridized carbons (Fsp3) is 0. The van der Waals surface area contributed by atoms with Gasteiger partial charge in [0.2, 0.25) is 0 Å². The Labute approximate surface area is 78.5 Å². The molecule has 19 valence electrons. The van der Waals surface area contributed by atoms with E-state index in [9.17, 15) is 0 Å². The molecule has 0 amide bonds. The first-order valence-electron chi connectivity index (χ1n) is 0. The van der Waals surface area contributed by atoms with Crippen LogP contribution in [0.25, 0.3) is 0 Å². The predicted octanol–water partition coefficient (Wildman–Crippen LogP) is -0.388. The van der Waals surface area contributed by atoms with Crippen LogP contribution in [0.3, 0.4) is 0 Å². The Morgan fingerprint density at radius 1 is 0.500 bits per heavy atom. The van der Waals surface area contributed by atoms with E-state index in [1.807, 2.05) is 0 Å². The van der Waals surface area contributed by atoms with Crippen LogP contribution in [0.2, 0.25) is 0 Å². The van der Waals surface area contributed by atoms with Gasteiger partial charge in [0.1, 0.15) is 0 Å². The Kier molecular flexibility index (Phi) is 137. The van der Waals surface area contributed by atoms with E-state index in [2.05, 4.69) is 0 Å². The largest absolute Gasteiger partial charge is 0 e. The molecule has 0 fully saturated rings. The smallest absolute Gasteiger partial charge is 0 e. The predicted molar refractivity (Wildman–Crippen MR) is 5.75 cm³/mol. The first-order valence-corrected chi connectivity index (χ1v) is 0. The molecule has 0 heterocycles. The second kappa shape index (κ2) is 17.7. The van der Waals surface area contributed by atoms with Gasteiger partial charge in [-0.3, -0.25) is 0 Å². The van der Waals surface area contributed by atoms with Crippen molar-refractivity contribution in [1.29, 1.82) is 0 Å². The molecule has 0 aliphatic heterocycles. The quantitative estimate of drug-likeness (QED) is 0.527. The van der Waals surface area contributed by atoms with E-state index in [1.165, 1.54) is 0 Å². The molecule has 0 nitrogen and oxygen atoms in total. The van der Waals surface area contributed by atoms with Crippen molar-refractivity contribution in [3.63, 3.8) is 0 Å². The Bertz CT molecular complexity index is 3.25. The van der Waals surface area contributed by atoms with Gasteiger partial charge in [-0.25, -0.2) is 0 Å². The maximum atomic E-state index is 0. The minimum atomic E-state index is 0. The fourth-order valence-electron chi connectivity index (χ4n) is 0. The monoisotopic (exact) mass is 273 g/mol. The van der Waals surface area contributed by atoms with Crippen molar-refractivity contribution < 1.29 is 55.7 Å². The number of hydrogen-bond donors (Lipinski definition) is 0. The van der Waals surface area contributed by atoms with Crippen molar-refractivity contribution in [1.82, 2.24) is 0 Å². The van der Waals surface area contributed by atoms with E-state index in [1.54, 1.807) is 0 Å². The normalized spacial score (nSPS) is 0. The summed E-state index contributed by atoms with van der Waals surface area (Å²) in [7, 11) is 0. The molecule has 0 N–H and O–H groups in total. The van der Waals surface area contributed by atoms with E-state index >= 15 is 0 Å². The van der Waals surface area contributed by atoms with E-state index < -0.39 is 0 Å². The van der Waals surface area contributed by atoms with Gasteiger partial charge in [-0.05, 0) is 0 Å². The van der Waals surface area contributed by atoms with Crippen molar-refractivity contribution in [3.8, 4) is 0 Å². The van der Waals surface area contributed by atoms with Crippen molar-refractivity contribution in [2.75, 3.05) is 0 Å². The summed E-state index contributed by atoms with van der Waals surface area (Å²) in [6.45, 7) is 0. The van der Waals surface area contributed by atoms with Gasteiger partial charge in [-0.15, -0.1) is 0 Å². The maximum absolute atomic E-state index is 0. The summed E-state index contributed by atoms with van der Waals surface area (Å²) >= 11 is 0.